The zero-order chi connectivity index (χ0) is 19.8. The van der Waals surface area contributed by atoms with Crippen LogP contribution < -0.4 is 9.47 Å². The summed E-state index contributed by atoms with van der Waals surface area (Å²) in [7, 11) is 3.09. The Hall–Kier alpha value is -2.54. The molecule has 1 amide bonds. The van der Waals surface area contributed by atoms with Crippen molar-refractivity contribution in [2.45, 2.75) is 37.8 Å². The second-order valence-electron chi connectivity index (χ2n) is 7.39. The summed E-state index contributed by atoms with van der Waals surface area (Å²) in [6.45, 7) is -0.0754. The molecule has 28 heavy (non-hydrogen) atoms. The number of nitrogens with zero attached hydrogens (tertiary/aromatic N) is 1. The fourth-order valence-corrected chi connectivity index (χ4v) is 4.60. The Morgan fingerprint density at radius 2 is 1.89 bits per heavy atom. The second kappa shape index (κ2) is 7.47. The van der Waals surface area contributed by atoms with Gasteiger partial charge in [0.25, 0.3) is 5.91 Å². The molecule has 7 heteroatoms. The summed E-state index contributed by atoms with van der Waals surface area (Å²) in [6, 6.07) is 4.76. The van der Waals surface area contributed by atoms with E-state index in [1.165, 1.54) is 4.90 Å². The minimum Gasteiger partial charge on any atom is -0.493 e. The van der Waals surface area contributed by atoms with Crippen molar-refractivity contribution in [2.75, 3.05) is 27.4 Å². The van der Waals surface area contributed by atoms with Gasteiger partial charge >= 0.3 is 0 Å². The van der Waals surface area contributed by atoms with E-state index in [9.17, 15) is 14.7 Å². The summed E-state index contributed by atoms with van der Waals surface area (Å²) < 4.78 is 16.8. The third-order valence-corrected chi connectivity index (χ3v) is 5.92. The van der Waals surface area contributed by atoms with Gasteiger partial charge in [0.05, 0.1) is 38.4 Å². The molecule has 0 bridgehead atoms. The first kappa shape index (κ1) is 18.8. The summed E-state index contributed by atoms with van der Waals surface area (Å²) in [5.41, 5.74) is 1.14. The molecule has 150 valence electrons. The van der Waals surface area contributed by atoms with Crippen molar-refractivity contribution in [3.63, 3.8) is 0 Å². The van der Waals surface area contributed by atoms with Crippen LogP contribution in [0.15, 0.2) is 29.5 Å². The van der Waals surface area contributed by atoms with Gasteiger partial charge in [0.1, 0.15) is 6.10 Å². The van der Waals surface area contributed by atoms with Crippen molar-refractivity contribution in [2.24, 2.45) is 5.92 Å². The Labute approximate surface area is 163 Å². The van der Waals surface area contributed by atoms with Crippen molar-refractivity contribution in [1.29, 1.82) is 0 Å². The minimum absolute atomic E-state index is 0.000440. The maximum atomic E-state index is 13.4. The fraction of sp³-hybridized carbons (Fsp3) is 0.524. The number of carbonyl (C=O) groups is 2. The number of fused-ring (bicyclic) bond motifs is 1. The van der Waals surface area contributed by atoms with E-state index in [0.29, 0.717) is 17.1 Å². The average molecular weight is 387 g/mol. The van der Waals surface area contributed by atoms with Gasteiger partial charge in [-0.2, -0.15) is 0 Å². The topological polar surface area (TPSA) is 85.3 Å². The maximum absolute atomic E-state index is 13.4. The van der Waals surface area contributed by atoms with Gasteiger partial charge in [0, 0.05) is 6.54 Å². The molecule has 7 nitrogen and oxygen atoms in total. The number of methoxy groups -OCH3 is 2. The van der Waals surface area contributed by atoms with E-state index in [4.69, 9.17) is 14.2 Å². The molecule has 0 spiro atoms. The van der Waals surface area contributed by atoms with Gasteiger partial charge in [0.15, 0.2) is 23.0 Å². The summed E-state index contributed by atoms with van der Waals surface area (Å²) in [5.74, 6) is 0.710. The van der Waals surface area contributed by atoms with Gasteiger partial charge < -0.3 is 24.2 Å². The van der Waals surface area contributed by atoms with E-state index in [1.807, 2.05) is 6.07 Å². The minimum atomic E-state index is -0.593. The molecule has 3 atom stereocenters. The number of Topliss-reactive ketones (excluding diaryl/α,β-unsaturated/α-hetero) is 1. The molecule has 3 unspecified atom stereocenters. The number of β-amino-alcohol motifs (C(OH)–C–C–N with tert-alkyl or cyclic N) is 1. The van der Waals surface area contributed by atoms with Crippen LogP contribution in [0, 0.1) is 5.92 Å². The molecule has 1 fully saturated rings. The highest BCUT2D eigenvalue weighted by Gasteiger charge is 2.51. The largest absolute Gasteiger partial charge is 0.493 e. The molecule has 1 aromatic rings. The second-order valence-corrected chi connectivity index (χ2v) is 7.39. The molecule has 2 aliphatic heterocycles. The van der Waals surface area contributed by atoms with E-state index in [-0.39, 0.29) is 42.6 Å². The lowest BCUT2D eigenvalue weighted by Gasteiger charge is -2.35. The summed E-state index contributed by atoms with van der Waals surface area (Å²) in [4.78, 5) is 27.9. The molecule has 0 radical (unpaired) electrons. The molecule has 1 aliphatic carbocycles. The first-order valence-corrected chi connectivity index (χ1v) is 9.69. The number of amides is 1. The highest BCUT2D eigenvalue weighted by atomic mass is 16.5. The molecule has 1 aromatic carbocycles. The SMILES string of the molecule is COc1ccc(C2C3=C(OC4CCCCC4C3=O)C(=O)N2CCO)cc1OC. The lowest BCUT2D eigenvalue weighted by Crippen LogP contribution is -2.39. The standard InChI is InChI=1S/C21H25NO6/c1-26-15-8-7-12(11-16(15)27-2)18-17-19(24)13-5-3-4-6-14(13)28-20(17)21(25)22(18)9-10-23/h7-8,11,13-14,18,23H,3-6,9-10H2,1-2H3. The number of rotatable bonds is 5. The van der Waals surface area contributed by atoms with E-state index < -0.39 is 6.04 Å². The van der Waals surface area contributed by atoms with E-state index in [2.05, 4.69) is 0 Å². The number of ether oxygens (including phenoxy) is 3. The fourth-order valence-electron chi connectivity index (χ4n) is 4.60. The zero-order valence-electron chi connectivity index (χ0n) is 16.1. The number of aliphatic hydroxyl groups is 1. The van der Waals surface area contributed by atoms with E-state index in [0.717, 1.165) is 31.2 Å². The summed E-state index contributed by atoms with van der Waals surface area (Å²) in [6.07, 6.45) is 3.36. The smallest absolute Gasteiger partial charge is 0.290 e. The number of hydrogen-bond donors (Lipinski definition) is 1. The third-order valence-electron chi connectivity index (χ3n) is 5.92. The van der Waals surface area contributed by atoms with Gasteiger partial charge in [-0.1, -0.05) is 12.5 Å². The van der Waals surface area contributed by atoms with Gasteiger partial charge in [-0.15, -0.1) is 0 Å². The Morgan fingerprint density at radius 1 is 1.14 bits per heavy atom. The molecule has 0 saturated heterocycles. The highest BCUT2D eigenvalue weighted by Crippen LogP contribution is 2.47. The quantitative estimate of drug-likeness (QED) is 0.832. The Bertz CT molecular complexity index is 832. The number of carbonyl (C=O) groups excluding carboxylic acids is 2. The molecule has 3 aliphatic rings. The normalized spacial score (nSPS) is 26.7. The Kier molecular flexibility index (Phi) is 5.02. The van der Waals surface area contributed by atoms with Crippen LogP contribution in [-0.4, -0.2) is 55.2 Å². The van der Waals surface area contributed by atoms with Crippen LogP contribution in [-0.2, 0) is 14.3 Å². The van der Waals surface area contributed by atoms with Crippen molar-refractivity contribution in [3.8, 4) is 11.5 Å². The zero-order valence-corrected chi connectivity index (χ0v) is 16.1. The van der Waals surface area contributed by atoms with E-state index in [1.54, 1.807) is 26.4 Å². The number of benzene rings is 1. The monoisotopic (exact) mass is 387 g/mol. The van der Waals surface area contributed by atoms with Gasteiger partial charge in [-0.25, -0.2) is 0 Å². The van der Waals surface area contributed by atoms with Crippen LogP contribution >= 0.6 is 0 Å². The van der Waals surface area contributed by atoms with Crippen molar-refractivity contribution < 1.29 is 28.9 Å². The lowest BCUT2D eigenvalue weighted by molar-refractivity contribution is -0.135. The molecule has 1 N–H and O–H groups in total. The highest BCUT2D eigenvalue weighted by molar-refractivity contribution is 6.11. The van der Waals surface area contributed by atoms with Crippen molar-refractivity contribution >= 4 is 11.7 Å². The Morgan fingerprint density at radius 3 is 2.61 bits per heavy atom. The molecular formula is C21H25NO6. The van der Waals surface area contributed by atoms with Gasteiger partial charge in [-0.3, -0.25) is 9.59 Å². The summed E-state index contributed by atoms with van der Waals surface area (Å²) in [5, 5.41) is 9.52. The van der Waals surface area contributed by atoms with Crippen molar-refractivity contribution in [1.82, 2.24) is 4.90 Å². The number of hydrogen-bond acceptors (Lipinski definition) is 6. The predicted molar refractivity (Wildman–Crippen MR) is 99.9 cm³/mol. The van der Waals surface area contributed by atoms with Crippen LogP contribution in [0.25, 0.3) is 0 Å². The van der Waals surface area contributed by atoms with Crippen LogP contribution in [0.3, 0.4) is 0 Å². The van der Waals surface area contributed by atoms with Crippen molar-refractivity contribution in [3.05, 3.63) is 35.1 Å². The van der Waals surface area contributed by atoms with Crippen LogP contribution in [0.2, 0.25) is 0 Å². The molecule has 1 saturated carbocycles. The molecule has 0 aromatic heterocycles. The third kappa shape index (κ3) is 2.85. The van der Waals surface area contributed by atoms with E-state index >= 15 is 0 Å². The number of ketones is 1. The van der Waals surface area contributed by atoms with Gasteiger partial charge in [-0.05, 0) is 37.0 Å². The maximum Gasteiger partial charge on any atom is 0.290 e. The predicted octanol–water partition coefficient (Wildman–Crippen LogP) is 1.99. The van der Waals surface area contributed by atoms with Gasteiger partial charge in [0.2, 0.25) is 0 Å². The molecular weight excluding hydrogens is 362 g/mol. The molecule has 4 rings (SSSR count). The van der Waals surface area contributed by atoms with Crippen LogP contribution in [0.4, 0.5) is 0 Å². The first-order chi connectivity index (χ1) is 13.6. The average Bonchev–Trinajstić information content (AvgIpc) is 3.00. The number of aliphatic hydroxyl groups excluding tert-OH is 1. The first-order valence-electron chi connectivity index (χ1n) is 9.69. The Balaban J connectivity index is 1.80. The van der Waals surface area contributed by atoms with Crippen LogP contribution in [0.1, 0.15) is 37.3 Å². The van der Waals surface area contributed by atoms with Crippen LogP contribution in [0.5, 0.6) is 11.5 Å². The summed E-state index contributed by atoms with van der Waals surface area (Å²) >= 11 is 0. The molecule has 2 heterocycles. The lowest BCUT2D eigenvalue weighted by atomic mass is 9.77.